The van der Waals surface area contributed by atoms with Crippen LogP contribution in [0.4, 0.5) is 4.79 Å². The molecule has 1 amide bonds. The van der Waals surface area contributed by atoms with Crippen LogP contribution in [0, 0.1) is 0 Å². The van der Waals surface area contributed by atoms with Crippen LogP contribution in [0.2, 0.25) is 0 Å². The molecule has 0 aliphatic carbocycles. The van der Waals surface area contributed by atoms with Crippen molar-refractivity contribution < 1.29 is 9.53 Å². The summed E-state index contributed by atoms with van der Waals surface area (Å²) in [6, 6.07) is 0. The number of halogens is 1. The number of aromatic nitrogens is 2. The van der Waals surface area contributed by atoms with Gasteiger partial charge < -0.3 is 9.64 Å². The molecule has 0 radical (unpaired) electrons. The van der Waals surface area contributed by atoms with Gasteiger partial charge in [-0.05, 0) is 49.5 Å². The third kappa shape index (κ3) is 4.16. The Labute approximate surface area is 127 Å². The van der Waals surface area contributed by atoms with Gasteiger partial charge in [0.1, 0.15) is 11.4 Å². The van der Waals surface area contributed by atoms with Crippen molar-refractivity contribution in [3.63, 3.8) is 0 Å². The summed E-state index contributed by atoms with van der Waals surface area (Å²) in [6.07, 6.45) is 5.06. The summed E-state index contributed by atoms with van der Waals surface area (Å²) < 4.78 is 6.27. The van der Waals surface area contributed by atoms with Gasteiger partial charge in [-0.25, -0.2) is 14.8 Å². The van der Waals surface area contributed by atoms with Gasteiger partial charge in [0, 0.05) is 31.4 Å². The van der Waals surface area contributed by atoms with Gasteiger partial charge in [0.15, 0.2) is 0 Å². The quantitative estimate of drug-likeness (QED) is 0.785. The van der Waals surface area contributed by atoms with Gasteiger partial charge in [-0.1, -0.05) is 0 Å². The van der Waals surface area contributed by atoms with Crippen LogP contribution in [0.3, 0.4) is 0 Å². The molecule has 0 N–H and O–H groups in total. The number of carbonyl (C=O) groups is 1. The zero-order chi connectivity index (χ0) is 14.8. The topological polar surface area (TPSA) is 55.3 Å². The molecule has 0 aromatic carbocycles. The minimum Gasteiger partial charge on any atom is -0.444 e. The zero-order valence-electron chi connectivity index (χ0n) is 12.1. The number of likely N-dealkylation sites (tertiary alicyclic amines) is 1. The first-order chi connectivity index (χ1) is 9.35. The number of hydrogen-bond donors (Lipinski definition) is 0. The van der Waals surface area contributed by atoms with E-state index >= 15 is 0 Å². The van der Waals surface area contributed by atoms with Crippen molar-refractivity contribution in [1.29, 1.82) is 0 Å². The predicted molar refractivity (Wildman–Crippen MR) is 79.5 cm³/mol. The van der Waals surface area contributed by atoms with Gasteiger partial charge in [0.25, 0.3) is 0 Å². The summed E-state index contributed by atoms with van der Waals surface area (Å²) in [5, 5.41) is 0. The molecule has 110 valence electrons. The van der Waals surface area contributed by atoms with Gasteiger partial charge in [-0.2, -0.15) is 0 Å². The van der Waals surface area contributed by atoms with Crippen LogP contribution in [-0.2, 0) is 4.74 Å². The molecule has 2 rings (SSSR count). The molecule has 1 fully saturated rings. The average Bonchev–Trinajstić information content (AvgIpc) is 2.38. The second kappa shape index (κ2) is 6.08. The SMILES string of the molecule is CC(C)(C)OC(=O)N1CCC(c2ncc(Br)cn2)CC1. The third-order valence-corrected chi connectivity index (χ3v) is 3.56. The van der Waals surface area contributed by atoms with Gasteiger partial charge in [0.05, 0.1) is 4.47 Å². The number of carbonyl (C=O) groups excluding carboxylic acids is 1. The molecular formula is C14H20BrN3O2. The molecule has 6 heteroatoms. The van der Waals surface area contributed by atoms with E-state index in [-0.39, 0.29) is 6.09 Å². The summed E-state index contributed by atoms with van der Waals surface area (Å²) in [6.45, 7) is 7.03. The van der Waals surface area contributed by atoms with Crippen LogP contribution < -0.4 is 0 Å². The molecule has 1 aliphatic heterocycles. The molecule has 0 saturated carbocycles. The minimum atomic E-state index is -0.442. The number of rotatable bonds is 1. The van der Waals surface area contributed by atoms with Crippen molar-refractivity contribution in [2.45, 2.75) is 45.1 Å². The molecule has 2 heterocycles. The molecule has 1 saturated heterocycles. The highest BCUT2D eigenvalue weighted by atomic mass is 79.9. The first kappa shape index (κ1) is 15.2. The van der Waals surface area contributed by atoms with Gasteiger partial charge in [-0.15, -0.1) is 0 Å². The summed E-state index contributed by atoms with van der Waals surface area (Å²) in [5.74, 6) is 1.18. The summed E-state index contributed by atoms with van der Waals surface area (Å²) in [7, 11) is 0. The molecule has 0 unspecified atom stereocenters. The van der Waals surface area contributed by atoms with Crippen molar-refractivity contribution >= 4 is 22.0 Å². The number of ether oxygens (including phenoxy) is 1. The van der Waals surface area contributed by atoms with Crippen LogP contribution in [-0.4, -0.2) is 39.7 Å². The average molecular weight is 342 g/mol. The van der Waals surface area contributed by atoms with E-state index < -0.39 is 5.60 Å². The monoisotopic (exact) mass is 341 g/mol. The van der Waals surface area contributed by atoms with E-state index in [1.54, 1.807) is 17.3 Å². The Morgan fingerprint density at radius 3 is 2.35 bits per heavy atom. The van der Waals surface area contributed by atoms with Crippen LogP contribution in [0.1, 0.15) is 45.4 Å². The van der Waals surface area contributed by atoms with Gasteiger partial charge in [-0.3, -0.25) is 0 Å². The molecule has 5 nitrogen and oxygen atoms in total. The molecular weight excluding hydrogens is 322 g/mol. The highest BCUT2D eigenvalue weighted by Crippen LogP contribution is 2.26. The molecule has 1 aliphatic rings. The van der Waals surface area contributed by atoms with Crippen molar-refractivity contribution in [1.82, 2.24) is 14.9 Å². The Hall–Kier alpha value is -1.17. The molecule has 0 spiro atoms. The van der Waals surface area contributed by atoms with E-state index in [1.165, 1.54) is 0 Å². The van der Waals surface area contributed by atoms with Crippen molar-refractivity contribution in [2.24, 2.45) is 0 Å². The fourth-order valence-electron chi connectivity index (χ4n) is 2.18. The number of amides is 1. The highest BCUT2D eigenvalue weighted by Gasteiger charge is 2.28. The van der Waals surface area contributed by atoms with Crippen LogP contribution in [0.5, 0.6) is 0 Å². The normalized spacial score (nSPS) is 17.1. The fourth-order valence-corrected chi connectivity index (χ4v) is 2.38. The Kier molecular flexibility index (Phi) is 4.62. The summed E-state index contributed by atoms with van der Waals surface area (Å²) in [5.41, 5.74) is -0.442. The molecule has 0 atom stereocenters. The highest BCUT2D eigenvalue weighted by molar-refractivity contribution is 9.10. The molecule has 0 bridgehead atoms. The van der Waals surface area contributed by atoms with Crippen molar-refractivity contribution in [3.8, 4) is 0 Å². The Balaban J connectivity index is 1.89. The number of piperidine rings is 1. The second-order valence-corrected chi connectivity index (χ2v) is 6.92. The van der Waals surface area contributed by atoms with Gasteiger partial charge >= 0.3 is 6.09 Å². The zero-order valence-corrected chi connectivity index (χ0v) is 13.7. The standard InChI is InChI=1S/C14H20BrN3O2/c1-14(2,3)20-13(19)18-6-4-10(5-7-18)12-16-8-11(15)9-17-12/h8-10H,4-7H2,1-3H3. The van der Waals surface area contributed by atoms with E-state index in [0.717, 1.165) is 23.1 Å². The Morgan fingerprint density at radius 2 is 1.85 bits per heavy atom. The lowest BCUT2D eigenvalue weighted by Gasteiger charge is -2.32. The Morgan fingerprint density at radius 1 is 1.30 bits per heavy atom. The molecule has 20 heavy (non-hydrogen) atoms. The first-order valence-electron chi connectivity index (χ1n) is 6.80. The maximum Gasteiger partial charge on any atom is 0.410 e. The van der Waals surface area contributed by atoms with Crippen LogP contribution in [0.15, 0.2) is 16.9 Å². The summed E-state index contributed by atoms with van der Waals surface area (Å²) >= 11 is 3.33. The fraction of sp³-hybridized carbons (Fsp3) is 0.643. The summed E-state index contributed by atoms with van der Waals surface area (Å²) in [4.78, 5) is 22.4. The lowest BCUT2D eigenvalue weighted by atomic mass is 9.96. The maximum atomic E-state index is 12.0. The lowest BCUT2D eigenvalue weighted by molar-refractivity contribution is 0.0203. The second-order valence-electron chi connectivity index (χ2n) is 6.00. The van der Waals surface area contributed by atoms with E-state index in [9.17, 15) is 4.79 Å². The lowest BCUT2D eigenvalue weighted by Crippen LogP contribution is -2.41. The maximum absolute atomic E-state index is 12.0. The molecule has 1 aromatic rings. The Bertz CT molecular complexity index is 462. The van der Waals surface area contributed by atoms with E-state index in [1.807, 2.05) is 20.8 Å². The first-order valence-corrected chi connectivity index (χ1v) is 7.60. The third-order valence-electron chi connectivity index (χ3n) is 3.15. The number of hydrogen-bond acceptors (Lipinski definition) is 4. The van der Waals surface area contributed by atoms with Crippen molar-refractivity contribution in [3.05, 3.63) is 22.7 Å². The largest absolute Gasteiger partial charge is 0.444 e. The van der Waals surface area contributed by atoms with E-state index in [4.69, 9.17) is 4.74 Å². The van der Waals surface area contributed by atoms with E-state index in [0.29, 0.717) is 19.0 Å². The van der Waals surface area contributed by atoms with Crippen LogP contribution in [0.25, 0.3) is 0 Å². The number of nitrogens with zero attached hydrogens (tertiary/aromatic N) is 3. The molecule has 1 aromatic heterocycles. The van der Waals surface area contributed by atoms with E-state index in [2.05, 4.69) is 25.9 Å². The smallest absolute Gasteiger partial charge is 0.410 e. The minimum absolute atomic E-state index is 0.229. The van der Waals surface area contributed by atoms with Crippen LogP contribution >= 0.6 is 15.9 Å². The van der Waals surface area contributed by atoms with Gasteiger partial charge in [0.2, 0.25) is 0 Å². The van der Waals surface area contributed by atoms with Crippen molar-refractivity contribution in [2.75, 3.05) is 13.1 Å². The predicted octanol–water partition coefficient (Wildman–Crippen LogP) is 3.35.